The summed E-state index contributed by atoms with van der Waals surface area (Å²) in [5, 5.41) is 8.32. The molecule has 0 radical (unpaired) electrons. The van der Waals surface area contributed by atoms with Gasteiger partial charge in [-0.15, -0.1) is 13.2 Å². The average molecular weight is 258 g/mol. The molecule has 0 unspecified atom stereocenters. The van der Waals surface area contributed by atoms with Gasteiger partial charge in [0.1, 0.15) is 5.75 Å². The van der Waals surface area contributed by atoms with Crippen LogP contribution in [0.5, 0.6) is 5.75 Å². The van der Waals surface area contributed by atoms with Crippen molar-refractivity contribution in [1.29, 1.82) is 0 Å². The minimum absolute atomic E-state index is 0.327. The van der Waals surface area contributed by atoms with E-state index in [-0.39, 0.29) is 5.75 Å². The molecule has 0 heterocycles. The van der Waals surface area contributed by atoms with Gasteiger partial charge in [-0.1, -0.05) is 30.4 Å². The molecule has 18 heavy (non-hydrogen) atoms. The summed E-state index contributed by atoms with van der Waals surface area (Å²) < 4.78 is 39.6. The third-order valence-corrected chi connectivity index (χ3v) is 1.73. The van der Waals surface area contributed by atoms with Crippen molar-refractivity contribution in [3.8, 4) is 5.75 Å². The van der Waals surface area contributed by atoms with E-state index in [2.05, 4.69) is 4.74 Å². The monoisotopic (exact) mass is 258 g/mol. The van der Waals surface area contributed by atoms with Crippen molar-refractivity contribution in [2.24, 2.45) is 0 Å². The quantitative estimate of drug-likeness (QED) is 0.666. The number of alkyl halides is 3. The third-order valence-electron chi connectivity index (χ3n) is 1.73. The van der Waals surface area contributed by atoms with Crippen molar-refractivity contribution in [3.63, 3.8) is 0 Å². The summed E-state index contributed by atoms with van der Waals surface area (Å²) in [7, 11) is 0. The van der Waals surface area contributed by atoms with Gasteiger partial charge in [0.25, 0.3) is 0 Å². The lowest BCUT2D eigenvalue weighted by molar-refractivity contribution is -0.274. The molecule has 1 N–H and O–H groups in total. The van der Waals surface area contributed by atoms with E-state index in [0.29, 0.717) is 5.56 Å². The molecule has 0 aliphatic heterocycles. The zero-order valence-corrected chi connectivity index (χ0v) is 9.02. The number of halogens is 3. The lowest BCUT2D eigenvalue weighted by Gasteiger charge is -2.08. The molecule has 1 aromatic carbocycles. The molecule has 0 aromatic heterocycles. The first-order valence-electron chi connectivity index (χ1n) is 4.80. The van der Waals surface area contributed by atoms with E-state index in [1.807, 2.05) is 0 Å². The largest absolute Gasteiger partial charge is 0.573 e. The van der Waals surface area contributed by atoms with Crippen LogP contribution in [-0.4, -0.2) is 17.4 Å². The number of hydrogen-bond acceptors (Lipinski definition) is 2. The van der Waals surface area contributed by atoms with Crippen LogP contribution in [0.2, 0.25) is 0 Å². The zero-order valence-electron chi connectivity index (χ0n) is 9.02. The molecule has 6 heteroatoms. The van der Waals surface area contributed by atoms with Crippen LogP contribution in [0.25, 0.3) is 6.08 Å². The number of carbonyl (C=O) groups is 1. The summed E-state index contributed by atoms with van der Waals surface area (Å²) in [6.07, 6.45) is 0.307. The highest BCUT2D eigenvalue weighted by molar-refractivity contribution is 5.80. The fourth-order valence-electron chi connectivity index (χ4n) is 1.12. The Kier molecular flexibility index (Phi) is 4.53. The van der Waals surface area contributed by atoms with Crippen molar-refractivity contribution in [3.05, 3.63) is 48.1 Å². The fourth-order valence-corrected chi connectivity index (χ4v) is 1.12. The molecule has 0 fully saturated rings. The van der Waals surface area contributed by atoms with Gasteiger partial charge in [0.2, 0.25) is 0 Å². The molecule has 1 aromatic rings. The van der Waals surface area contributed by atoms with Crippen molar-refractivity contribution >= 4 is 12.0 Å². The first-order valence-corrected chi connectivity index (χ1v) is 4.80. The summed E-state index contributed by atoms with van der Waals surface area (Å²) in [5.41, 5.74) is 0.465. The highest BCUT2D eigenvalue weighted by Gasteiger charge is 2.30. The second-order valence-corrected chi connectivity index (χ2v) is 3.18. The molecule has 96 valence electrons. The minimum Gasteiger partial charge on any atom is -0.478 e. The van der Waals surface area contributed by atoms with Gasteiger partial charge < -0.3 is 9.84 Å². The molecule has 0 saturated heterocycles. The van der Waals surface area contributed by atoms with Crippen LogP contribution < -0.4 is 4.74 Å². The lowest BCUT2D eigenvalue weighted by Crippen LogP contribution is -2.17. The van der Waals surface area contributed by atoms with Gasteiger partial charge in [-0.05, 0) is 17.7 Å². The van der Waals surface area contributed by atoms with Crippen LogP contribution in [0.15, 0.2) is 42.5 Å². The van der Waals surface area contributed by atoms with Crippen molar-refractivity contribution in [2.75, 3.05) is 0 Å². The maximum atomic E-state index is 12.0. The summed E-state index contributed by atoms with van der Waals surface area (Å²) in [5.74, 6) is -1.43. The number of ether oxygens (including phenoxy) is 1. The molecule has 0 bridgehead atoms. The third kappa shape index (κ3) is 5.74. The predicted octanol–water partition coefficient (Wildman–Crippen LogP) is 3.24. The molecule has 1 rings (SSSR count). The SMILES string of the molecule is O=C(O)/C=C/C=C/c1cccc(OC(F)(F)F)c1. The number of benzene rings is 1. The van der Waals surface area contributed by atoms with Crippen LogP contribution in [-0.2, 0) is 4.79 Å². The minimum atomic E-state index is -4.73. The van der Waals surface area contributed by atoms with Crippen LogP contribution in [0.4, 0.5) is 13.2 Å². The van der Waals surface area contributed by atoms with E-state index >= 15 is 0 Å². The molecule has 0 aliphatic carbocycles. The highest BCUT2D eigenvalue weighted by Crippen LogP contribution is 2.23. The fraction of sp³-hybridized carbons (Fsp3) is 0.0833. The summed E-state index contributed by atoms with van der Waals surface area (Å²) in [6.45, 7) is 0. The highest BCUT2D eigenvalue weighted by atomic mass is 19.4. The van der Waals surface area contributed by atoms with Crippen molar-refractivity contribution < 1.29 is 27.8 Å². The van der Waals surface area contributed by atoms with E-state index in [0.717, 1.165) is 6.08 Å². The average Bonchev–Trinajstić information content (AvgIpc) is 2.22. The maximum absolute atomic E-state index is 12.0. The second kappa shape index (κ2) is 5.90. The Morgan fingerprint density at radius 2 is 2.00 bits per heavy atom. The molecule has 0 aliphatic rings. The first-order chi connectivity index (χ1) is 8.37. The van der Waals surface area contributed by atoms with Crippen LogP contribution in [0, 0.1) is 0 Å². The van der Waals surface area contributed by atoms with Crippen molar-refractivity contribution in [1.82, 2.24) is 0 Å². The molecular weight excluding hydrogens is 249 g/mol. The molecule has 0 saturated carbocycles. The second-order valence-electron chi connectivity index (χ2n) is 3.18. The number of carboxylic acid groups (broad SMARTS) is 1. The number of hydrogen-bond donors (Lipinski definition) is 1. The molecule has 3 nitrogen and oxygen atoms in total. The Bertz CT molecular complexity index is 476. The molecule has 0 amide bonds. The van der Waals surface area contributed by atoms with Gasteiger partial charge in [0.15, 0.2) is 0 Å². The van der Waals surface area contributed by atoms with Crippen LogP contribution in [0.1, 0.15) is 5.56 Å². The smallest absolute Gasteiger partial charge is 0.478 e. The standard InChI is InChI=1S/C12H9F3O3/c13-12(14,15)18-10-6-3-5-9(8-10)4-1-2-7-11(16)17/h1-8H,(H,16,17)/b4-1+,7-2+. The van der Waals surface area contributed by atoms with Gasteiger partial charge in [0, 0.05) is 6.08 Å². The van der Waals surface area contributed by atoms with E-state index in [1.165, 1.54) is 36.4 Å². The van der Waals surface area contributed by atoms with Gasteiger partial charge in [-0.25, -0.2) is 4.79 Å². The van der Waals surface area contributed by atoms with Gasteiger partial charge in [-0.3, -0.25) is 0 Å². The predicted molar refractivity (Wildman–Crippen MR) is 58.9 cm³/mol. The first kappa shape index (κ1) is 13.8. The Balaban J connectivity index is 2.73. The normalized spacial score (nSPS) is 12.2. The Labute approximate surface area is 101 Å². The molecule has 0 atom stereocenters. The van der Waals surface area contributed by atoms with Gasteiger partial charge in [0.05, 0.1) is 0 Å². The maximum Gasteiger partial charge on any atom is 0.573 e. The van der Waals surface area contributed by atoms with E-state index < -0.39 is 12.3 Å². The Hall–Kier alpha value is -2.24. The summed E-state index contributed by atoms with van der Waals surface area (Å²) in [4.78, 5) is 10.2. The van der Waals surface area contributed by atoms with E-state index in [1.54, 1.807) is 6.07 Å². The van der Waals surface area contributed by atoms with Gasteiger partial charge >= 0.3 is 12.3 Å². The summed E-state index contributed by atoms with van der Waals surface area (Å²) in [6, 6.07) is 5.34. The van der Waals surface area contributed by atoms with Gasteiger partial charge in [-0.2, -0.15) is 0 Å². The topological polar surface area (TPSA) is 46.5 Å². The lowest BCUT2D eigenvalue weighted by atomic mass is 10.2. The van der Waals surface area contributed by atoms with Crippen molar-refractivity contribution in [2.45, 2.75) is 6.36 Å². The molecule has 0 spiro atoms. The Morgan fingerprint density at radius 1 is 1.28 bits per heavy atom. The summed E-state index contributed by atoms with van der Waals surface area (Å²) >= 11 is 0. The van der Waals surface area contributed by atoms with Crippen LogP contribution in [0.3, 0.4) is 0 Å². The number of carboxylic acids is 1. The Morgan fingerprint density at radius 3 is 2.61 bits per heavy atom. The molecular formula is C12H9F3O3. The van der Waals surface area contributed by atoms with E-state index in [9.17, 15) is 18.0 Å². The zero-order chi connectivity index (χ0) is 13.6. The van der Waals surface area contributed by atoms with Crippen LogP contribution >= 0.6 is 0 Å². The number of aliphatic carboxylic acids is 1. The number of rotatable bonds is 4. The number of allylic oxidation sites excluding steroid dienone is 2. The van der Waals surface area contributed by atoms with E-state index in [4.69, 9.17) is 5.11 Å².